The van der Waals surface area contributed by atoms with Crippen LogP contribution < -0.4 is 19.5 Å². The van der Waals surface area contributed by atoms with E-state index in [0.717, 1.165) is 30.2 Å². The van der Waals surface area contributed by atoms with Crippen LogP contribution in [0.3, 0.4) is 0 Å². The number of rotatable bonds is 6. The number of hydrogen-bond acceptors (Lipinski definition) is 4. The Morgan fingerprint density at radius 2 is 2.12 bits per heavy atom. The first-order valence-electron chi connectivity index (χ1n) is 6.09. The highest BCUT2D eigenvalue weighted by Crippen LogP contribution is 2.35. The highest BCUT2D eigenvalue weighted by Gasteiger charge is 2.14. The average molecular weight is 237 g/mol. The van der Waals surface area contributed by atoms with Crippen molar-refractivity contribution in [2.24, 2.45) is 0 Å². The molecule has 4 nitrogen and oxygen atoms in total. The topological polar surface area (TPSA) is 39.7 Å². The quantitative estimate of drug-likeness (QED) is 0.823. The summed E-state index contributed by atoms with van der Waals surface area (Å²) >= 11 is 0. The second kappa shape index (κ2) is 5.77. The fourth-order valence-corrected chi connectivity index (χ4v) is 1.77. The molecule has 1 heterocycles. The van der Waals surface area contributed by atoms with E-state index < -0.39 is 0 Å². The SMILES string of the molecule is CCNC(CC)COc1ccc2c(c1)OCO2. The molecule has 0 fully saturated rings. The van der Waals surface area contributed by atoms with Crippen molar-refractivity contribution in [3.8, 4) is 17.2 Å². The van der Waals surface area contributed by atoms with Crippen molar-refractivity contribution < 1.29 is 14.2 Å². The Bertz CT molecular complexity index is 368. The Morgan fingerprint density at radius 1 is 1.29 bits per heavy atom. The second-order valence-corrected chi connectivity index (χ2v) is 3.99. The molecule has 0 aromatic heterocycles. The average Bonchev–Trinajstić information content (AvgIpc) is 2.81. The molecule has 1 atom stereocenters. The first-order valence-corrected chi connectivity index (χ1v) is 6.09. The van der Waals surface area contributed by atoms with Crippen LogP contribution in [0.1, 0.15) is 20.3 Å². The van der Waals surface area contributed by atoms with Crippen LogP contribution in [0.5, 0.6) is 17.2 Å². The summed E-state index contributed by atoms with van der Waals surface area (Å²) in [5.41, 5.74) is 0. The van der Waals surface area contributed by atoms with Gasteiger partial charge in [-0.05, 0) is 25.1 Å². The molecule has 1 N–H and O–H groups in total. The van der Waals surface area contributed by atoms with Gasteiger partial charge in [0.25, 0.3) is 0 Å². The van der Waals surface area contributed by atoms with Gasteiger partial charge in [-0.2, -0.15) is 0 Å². The molecule has 0 spiro atoms. The summed E-state index contributed by atoms with van der Waals surface area (Å²) < 4.78 is 16.3. The number of likely N-dealkylation sites (N-methyl/N-ethyl adjacent to an activating group) is 1. The Hall–Kier alpha value is -1.42. The van der Waals surface area contributed by atoms with E-state index in [0.29, 0.717) is 19.4 Å². The van der Waals surface area contributed by atoms with Crippen LogP contribution in [0.4, 0.5) is 0 Å². The molecular formula is C13H19NO3. The summed E-state index contributed by atoms with van der Waals surface area (Å²) in [6.07, 6.45) is 1.05. The van der Waals surface area contributed by atoms with Crippen LogP contribution in [0, 0.1) is 0 Å². The molecule has 0 saturated heterocycles. The van der Waals surface area contributed by atoms with Gasteiger partial charge in [0, 0.05) is 12.1 Å². The van der Waals surface area contributed by atoms with Gasteiger partial charge in [-0.3, -0.25) is 0 Å². The lowest BCUT2D eigenvalue weighted by Gasteiger charge is -2.16. The Kier molecular flexibility index (Phi) is 4.09. The van der Waals surface area contributed by atoms with Gasteiger partial charge in [-0.15, -0.1) is 0 Å². The van der Waals surface area contributed by atoms with Crippen molar-refractivity contribution in [3.63, 3.8) is 0 Å². The highest BCUT2D eigenvalue weighted by molar-refractivity contribution is 5.46. The summed E-state index contributed by atoms with van der Waals surface area (Å²) in [6, 6.07) is 6.06. The van der Waals surface area contributed by atoms with Crippen LogP contribution >= 0.6 is 0 Å². The number of ether oxygens (including phenoxy) is 3. The predicted octanol–water partition coefficient (Wildman–Crippen LogP) is 2.18. The molecule has 1 aliphatic heterocycles. The van der Waals surface area contributed by atoms with E-state index in [2.05, 4.69) is 19.2 Å². The predicted molar refractivity (Wildman–Crippen MR) is 65.8 cm³/mol. The maximum absolute atomic E-state index is 5.74. The molecule has 2 rings (SSSR count). The van der Waals surface area contributed by atoms with Gasteiger partial charge < -0.3 is 19.5 Å². The molecular weight excluding hydrogens is 218 g/mol. The number of nitrogens with one attached hydrogen (secondary N) is 1. The summed E-state index contributed by atoms with van der Waals surface area (Å²) in [5.74, 6) is 2.38. The minimum atomic E-state index is 0.299. The highest BCUT2D eigenvalue weighted by atomic mass is 16.7. The van der Waals surface area contributed by atoms with E-state index in [1.165, 1.54) is 0 Å². The molecule has 0 amide bonds. The molecule has 0 aliphatic carbocycles. The summed E-state index contributed by atoms with van der Waals surface area (Å²) in [6.45, 7) is 6.18. The third-order valence-electron chi connectivity index (χ3n) is 2.78. The summed E-state index contributed by atoms with van der Waals surface area (Å²) in [7, 11) is 0. The lowest BCUT2D eigenvalue weighted by atomic mass is 10.2. The first-order chi connectivity index (χ1) is 8.33. The van der Waals surface area contributed by atoms with Gasteiger partial charge in [-0.25, -0.2) is 0 Å². The van der Waals surface area contributed by atoms with Gasteiger partial charge in [0.15, 0.2) is 11.5 Å². The number of hydrogen-bond donors (Lipinski definition) is 1. The summed E-state index contributed by atoms with van der Waals surface area (Å²) in [5, 5.41) is 3.37. The normalized spacial score (nSPS) is 14.7. The van der Waals surface area contributed by atoms with E-state index in [9.17, 15) is 0 Å². The van der Waals surface area contributed by atoms with E-state index in [-0.39, 0.29) is 0 Å². The second-order valence-electron chi connectivity index (χ2n) is 3.99. The van der Waals surface area contributed by atoms with Gasteiger partial charge in [-0.1, -0.05) is 13.8 Å². The molecule has 0 radical (unpaired) electrons. The Balaban J connectivity index is 1.90. The van der Waals surface area contributed by atoms with Gasteiger partial charge in [0.05, 0.1) is 0 Å². The molecule has 94 valence electrons. The number of benzene rings is 1. The first kappa shape index (κ1) is 12.0. The Morgan fingerprint density at radius 3 is 2.88 bits per heavy atom. The van der Waals surface area contributed by atoms with Crippen LogP contribution in [-0.4, -0.2) is 26.0 Å². The van der Waals surface area contributed by atoms with E-state index in [1.807, 2.05) is 18.2 Å². The summed E-state index contributed by atoms with van der Waals surface area (Å²) in [4.78, 5) is 0. The van der Waals surface area contributed by atoms with Crippen molar-refractivity contribution in [3.05, 3.63) is 18.2 Å². The molecule has 4 heteroatoms. The van der Waals surface area contributed by atoms with E-state index in [4.69, 9.17) is 14.2 Å². The van der Waals surface area contributed by atoms with Crippen molar-refractivity contribution >= 4 is 0 Å². The fourth-order valence-electron chi connectivity index (χ4n) is 1.77. The van der Waals surface area contributed by atoms with Gasteiger partial charge in [0.1, 0.15) is 12.4 Å². The molecule has 1 aliphatic rings. The van der Waals surface area contributed by atoms with E-state index in [1.54, 1.807) is 0 Å². The molecule has 17 heavy (non-hydrogen) atoms. The largest absolute Gasteiger partial charge is 0.492 e. The van der Waals surface area contributed by atoms with Crippen LogP contribution in [0.2, 0.25) is 0 Å². The Labute approximate surface area is 102 Å². The third-order valence-corrected chi connectivity index (χ3v) is 2.78. The maximum Gasteiger partial charge on any atom is 0.231 e. The van der Waals surface area contributed by atoms with Crippen LogP contribution in [0.15, 0.2) is 18.2 Å². The zero-order valence-corrected chi connectivity index (χ0v) is 10.4. The molecule has 0 bridgehead atoms. The lowest BCUT2D eigenvalue weighted by Crippen LogP contribution is -2.33. The van der Waals surface area contributed by atoms with Crippen molar-refractivity contribution in [2.45, 2.75) is 26.3 Å². The van der Waals surface area contributed by atoms with Crippen LogP contribution in [0.25, 0.3) is 0 Å². The van der Waals surface area contributed by atoms with E-state index >= 15 is 0 Å². The minimum Gasteiger partial charge on any atom is -0.492 e. The minimum absolute atomic E-state index is 0.299. The van der Waals surface area contributed by atoms with Gasteiger partial charge in [0.2, 0.25) is 6.79 Å². The standard InChI is InChI=1S/C13H19NO3/c1-3-10(14-4-2)8-15-11-5-6-12-13(7-11)17-9-16-12/h5-7,10,14H,3-4,8-9H2,1-2H3. The smallest absolute Gasteiger partial charge is 0.231 e. The van der Waals surface area contributed by atoms with Crippen molar-refractivity contribution in [1.82, 2.24) is 5.32 Å². The number of fused-ring (bicyclic) bond motifs is 1. The third kappa shape index (κ3) is 3.03. The monoisotopic (exact) mass is 237 g/mol. The van der Waals surface area contributed by atoms with Crippen molar-refractivity contribution in [1.29, 1.82) is 0 Å². The van der Waals surface area contributed by atoms with Crippen molar-refractivity contribution in [2.75, 3.05) is 19.9 Å². The zero-order chi connectivity index (χ0) is 12.1. The fraction of sp³-hybridized carbons (Fsp3) is 0.538. The lowest BCUT2D eigenvalue weighted by molar-refractivity contribution is 0.173. The zero-order valence-electron chi connectivity index (χ0n) is 10.4. The molecule has 1 aromatic carbocycles. The van der Waals surface area contributed by atoms with Crippen LogP contribution in [-0.2, 0) is 0 Å². The molecule has 1 aromatic rings. The van der Waals surface area contributed by atoms with Gasteiger partial charge >= 0.3 is 0 Å². The maximum atomic E-state index is 5.74. The molecule has 0 saturated carbocycles. The molecule has 1 unspecified atom stereocenters.